The van der Waals surface area contributed by atoms with Gasteiger partial charge >= 0.3 is 6.09 Å². The number of imidazole rings is 1. The fourth-order valence-corrected chi connectivity index (χ4v) is 4.77. The predicted octanol–water partition coefficient (Wildman–Crippen LogP) is 4.16. The summed E-state index contributed by atoms with van der Waals surface area (Å²) in [4.78, 5) is 22.4. The first-order valence-corrected chi connectivity index (χ1v) is 11.0. The van der Waals surface area contributed by atoms with Crippen molar-refractivity contribution in [1.82, 2.24) is 14.5 Å². The third-order valence-electron chi connectivity index (χ3n) is 4.01. The molecule has 0 aliphatic rings. The van der Waals surface area contributed by atoms with E-state index in [2.05, 4.69) is 16.9 Å². The van der Waals surface area contributed by atoms with E-state index in [4.69, 9.17) is 4.74 Å². The molecule has 0 saturated heterocycles. The summed E-state index contributed by atoms with van der Waals surface area (Å²) in [7, 11) is -1.55. The van der Waals surface area contributed by atoms with Crippen molar-refractivity contribution in [2.45, 2.75) is 36.6 Å². The molecule has 0 fully saturated rings. The van der Waals surface area contributed by atoms with Crippen LogP contribution in [0.1, 0.15) is 25.1 Å². The van der Waals surface area contributed by atoms with E-state index in [0.717, 1.165) is 21.9 Å². The van der Waals surface area contributed by atoms with Crippen molar-refractivity contribution in [3.63, 3.8) is 0 Å². The highest BCUT2D eigenvalue weighted by molar-refractivity contribution is 7.99. The van der Waals surface area contributed by atoms with E-state index in [1.54, 1.807) is 37.0 Å². The number of hydrogen-bond acceptors (Lipinski definition) is 6. The van der Waals surface area contributed by atoms with Gasteiger partial charge in [0.05, 0.1) is 39.9 Å². The van der Waals surface area contributed by atoms with Gasteiger partial charge in [0.1, 0.15) is 0 Å². The number of fused-ring (bicyclic) bond motifs is 1. The van der Waals surface area contributed by atoms with Crippen LogP contribution < -0.4 is 0 Å². The quantitative estimate of drug-likeness (QED) is 0.575. The van der Waals surface area contributed by atoms with E-state index >= 15 is 0 Å². The Morgan fingerprint density at radius 1 is 1.26 bits per heavy atom. The molecule has 1 atom stereocenters. The van der Waals surface area contributed by atoms with Crippen molar-refractivity contribution < 1.29 is 13.7 Å². The second-order valence-electron chi connectivity index (χ2n) is 5.72. The molecule has 1 unspecified atom stereocenters. The Morgan fingerprint density at radius 3 is 2.78 bits per heavy atom. The summed E-state index contributed by atoms with van der Waals surface area (Å²) in [6.45, 7) is 6.03. The van der Waals surface area contributed by atoms with Crippen molar-refractivity contribution in [3.05, 3.63) is 47.8 Å². The van der Waals surface area contributed by atoms with Gasteiger partial charge in [-0.1, -0.05) is 19.1 Å². The largest absolute Gasteiger partial charge is 0.449 e. The number of para-hydroxylation sites is 2. The number of pyridine rings is 1. The van der Waals surface area contributed by atoms with E-state index in [0.29, 0.717) is 11.0 Å². The normalized spacial score (nSPS) is 12.3. The van der Waals surface area contributed by atoms with E-state index < -0.39 is 16.9 Å². The van der Waals surface area contributed by atoms with Gasteiger partial charge in [0.15, 0.2) is 0 Å². The summed E-state index contributed by atoms with van der Waals surface area (Å²) < 4.78 is 19.5. The lowest BCUT2D eigenvalue weighted by Gasteiger charge is -2.10. The monoisotopic (exact) mass is 403 g/mol. The lowest BCUT2D eigenvalue weighted by molar-refractivity contribution is 0.152. The molecule has 6 nitrogen and oxygen atoms in total. The number of aromatic nitrogens is 3. The molecule has 0 bridgehead atoms. The van der Waals surface area contributed by atoms with E-state index in [-0.39, 0.29) is 17.5 Å². The second kappa shape index (κ2) is 8.67. The molecule has 27 heavy (non-hydrogen) atoms. The highest BCUT2D eigenvalue weighted by atomic mass is 32.2. The molecule has 0 amide bonds. The molecular weight excluding hydrogens is 382 g/mol. The average molecular weight is 404 g/mol. The van der Waals surface area contributed by atoms with Gasteiger partial charge in [-0.3, -0.25) is 9.19 Å². The zero-order valence-electron chi connectivity index (χ0n) is 15.5. The van der Waals surface area contributed by atoms with Gasteiger partial charge < -0.3 is 4.74 Å². The number of nitrogens with zero attached hydrogens (tertiary/aromatic N) is 3. The highest BCUT2D eigenvalue weighted by Crippen LogP contribution is 2.26. The topological polar surface area (TPSA) is 74.1 Å². The van der Waals surface area contributed by atoms with Crippen LogP contribution in [-0.2, 0) is 21.3 Å². The molecular formula is C19H21N3O3S2. The van der Waals surface area contributed by atoms with Crippen molar-refractivity contribution in [2.24, 2.45) is 0 Å². The number of carbonyl (C=O) groups is 1. The molecule has 0 spiro atoms. The van der Waals surface area contributed by atoms with E-state index in [1.165, 1.54) is 4.57 Å². The van der Waals surface area contributed by atoms with Crippen LogP contribution in [-0.4, -0.2) is 37.2 Å². The van der Waals surface area contributed by atoms with Crippen molar-refractivity contribution in [1.29, 1.82) is 0 Å². The fraction of sp³-hybridized carbons (Fsp3) is 0.316. The Kier molecular flexibility index (Phi) is 6.28. The average Bonchev–Trinajstić information content (AvgIpc) is 3.05. The Balaban J connectivity index is 2.00. The molecule has 1 aromatic carbocycles. The Morgan fingerprint density at radius 2 is 2.04 bits per heavy atom. The fourth-order valence-electron chi connectivity index (χ4n) is 2.73. The van der Waals surface area contributed by atoms with Gasteiger partial charge in [0.25, 0.3) is 0 Å². The molecule has 0 saturated carbocycles. The molecule has 3 rings (SSSR count). The predicted molar refractivity (Wildman–Crippen MR) is 108 cm³/mol. The molecule has 8 heteroatoms. The first-order valence-electron chi connectivity index (χ1n) is 8.67. The molecule has 0 aliphatic carbocycles. The van der Waals surface area contributed by atoms with Crippen LogP contribution in [0.5, 0.6) is 0 Å². The second-order valence-corrected chi connectivity index (χ2v) is 8.37. The smallest absolute Gasteiger partial charge is 0.420 e. The summed E-state index contributed by atoms with van der Waals surface area (Å²) in [5, 5.41) is 0.185. The molecule has 0 aliphatic heterocycles. The lowest BCUT2D eigenvalue weighted by Crippen LogP contribution is -2.18. The van der Waals surface area contributed by atoms with E-state index in [1.807, 2.05) is 25.1 Å². The minimum Gasteiger partial charge on any atom is -0.449 e. The van der Waals surface area contributed by atoms with Gasteiger partial charge in [0.2, 0.25) is 5.16 Å². The van der Waals surface area contributed by atoms with Gasteiger partial charge in [-0.2, -0.15) is 0 Å². The van der Waals surface area contributed by atoms with Crippen molar-refractivity contribution >= 4 is 39.7 Å². The number of benzene rings is 1. The molecule has 2 heterocycles. The Labute approximate surface area is 164 Å². The molecule has 3 aromatic rings. The maximum absolute atomic E-state index is 13.1. The SMILES string of the molecule is CCOC(=O)n1c(S(=O)Cc2nccc(SCC)c2C)nc2ccccc21. The van der Waals surface area contributed by atoms with Crippen LogP contribution in [0.15, 0.2) is 46.6 Å². The zero-order chi connectivity index (χ0) is 19.4. The lowest BCUT2D eigenvalue weighted by atomic mass is 10.2. The summed E-state index contributed by atoms with van der Waals surface area (Å²) in [5.74, 6) is 1.14. The van der Waals surface area contributed by atoms with Crippen LogP contribution >= 0.6 is 11.8 Å². The van der Waals surface area contributed by atoms with Gasteiger partial charge in [-0.15, -0.1) is 11.8 Å². The minimum absolute atomic E-state index is 0.185. The Hall–Kier alpha value is -2.19. The first-order chi connectivity index (χ1) is 13.1. The standard InChI is InChI=1S/C19H21N3O3S2/c1-4-25-19(23)22-16-9-7-6-8-14(16)21-18(22)27(24)12-15-13(3)17(26-5-2)10-11-20-15/h6-11H,4-5,12H2,1-3H3. The van der Waals surface area contributed by atoms with Crippen molar-refractivity contribution in [3.8, 4) is 0 Å². The number of ether oxygens (including phenoxy) is 1. The maximum atomic E-state index is 13.1. The highest BCUT2D eigenvalue weighted by Gasteiger charge is 2.23. The molecule has 0 radical (unpaired) electrons. The number of carbonyl (C=O) groups excluding carboxylic acids is 1. The van der Waals surface area contributed by atoms with Gasteiger partial charge in [-0.05, 0) is 43.4 Å². The summed E-state index contributed by atoms with van der Waals surface area (Å²) in [5.41, 5.74) is 2.94. The zero-order valence-corrected chi connectivity index (χ0v) is 17.1. The van der Waals surface area contributed by atoms with Crippen LogP contribution in [0.25, 0.3) is 11.0 Å². The van der Waals surface area contributed by atoms with Crippen LogP contribution in [0.2, 0.25) is 0 Å². The van der Waals surface area contributed by atoms with Crippen LogP contribution in [0.4, 0.5) is 4.79 Å². The summed E-state index contributed by atoms with van der Waals surface area (Å²) >= 11 is 1.72. The number of hydrogen-bond donors (Lipinski definition) is 0. The molecule has 2 aromatic heterocycles. The number of rotatable bonds is 6. The molecule has 142 valence electrons. The van der Waals surface area contributed by atoms with Crippen LogP contribution in [0.3, 0.4) is 0 Å². The van der Waals surface area contributed by atoms with Gasteiger partial charge in [0, 0.05) is 11.1 Å². The first kappa shape index (κ1) is 19.6. The number of thioether (sulfide) groups is 1. The van der Waals surface area contributed by atoms with E-state index in [9.17, 15) is 9.00 Å². The summed E-state index contributed by atoms with van der Waals surface area (Å²) in [6.07, 6.45) is 1.15. The van der Waals surface area contributed by atoms with Crippen molar-refractivity contribution in [2.75, 3.05) is 12.4 Å². The molecule has 0 N–H and O–H groups in total. The third-order valence-corrected chi connectivity index (χ3v) is 6.27. The Bertz CT molecular complexity index is 1000. The summed E-state index contributed by atoms with van der Waals surface area (Å²) in [6, 6.07) is 9.15. The van der Waals surface area contributed by atoms with Crippen LogP contribution in [0, 0.1) is 6.92 Å². The van der Waals surface area contributed by atoms with Gasteiger partial charge in [-0.25, -0.2) is 14.3 Å². The third kappa shape index (κ3) is 4.06. The minimum atomic E-state index is -1.55. The maximum Gasteiger partial charge on any atom is 0.420 e.